The molecule has 0 heterocycles. The average Bonchev–Trinajstić information content (AvgIpc) is 2.61. The summed E-state index contributed by atoms with van der Waals surface area (Å²) in [5.74, 6) is 1.15. The zero-order chi connectivity index (χ0) is 18.2. The molecule has 0 bridgehead atoms. The molecule has 0 aromatic heterocycles. The largest absolute Gasteiger partial charge is 0.493 e. The fraction of sp³-hybridized carbons (Fsp3) is 0.333. The van der Waals surface area contributed by atoms with Crippen LogP contribution in [0.1, 0.15) is 17.5 Å². The van der Waals surface area contributed by atoms with Crippen molar-refractivity contribution >= 4 is 34.8 Å². The molecule has 0 atom stereocenters. The van der Waals surface area contributed by atoms with Crippen LogP contribution in [0.4, 0.5) is 0 Å². The van der Waals surface area contributed by atoms with E-state index in [0.29, 0.717) is 52.7 Å². The van der Waals surface area contributed by atoms with E-state index < -0.39 is 0 Å². The van der Waals surface area contributed by atoms with E-state index in [-0.39, 0.29) is 6.61 Å². The van der Waals surface area contributed by atoms with Crippen molar-refractivity contribution in [1.29, 1.82) is 0 Å². The van der Waals surface area contributed by atoms with Crippen molar-refractivity contribution in [2.45, 2.75) is 19.6 Å². The van der Waals surface area contributed by atoms with Gasteiger partial charge in [0.15, 0.2) is 11.5 Å². The number of rotatable bonds is 9. The smallest absolute Gasteiger partial charge is 0.163 e. The van der Waals surface area contributed by atoms with Crippen molar-refractivity contribution in [3.63, 3.8) is 0 Å². The van der Waals surface area contributed by atoms with Gasteiger partial charge in [-0.3, -0.25) is 0 Å². The highest BCUT2D eigenvalue weighted by atomic mass is 35.5. The standard InChI is InChI=1S/C18H20Cl3NO3/c1-24-17-8-13(10-22-5-2-6-23)15(20)9-18(17)25-11-12-3-4-14(19)16(21)7-12/h3-4,7-9,22-23H,2,5-6,10-11H2,1H3. The fourth-order valence-electron chi connectivity index (χ4n) is 2.20. The summed E-state index contributed by atoms with van der Waals surface area (Å²) in [6.45, 7) is 1.77. The van der Waals surface area contributed by atoms with Crippen molar-refractivity contribution in [2.75, 3.05) is 20.3 Å². The minimum absolute atomic E-state index is 0.158. The predicted octanol–water partition coefficient (Wildman–Crippen LogP) is 4.71. The number of benzene rings is 2. The second kappa shape index (κ2) is 10.1. The lowest BCUT2D eigenvalue weighted by molar-refractivity contribution is 0.284. The summed E-state index contributed by atoms with van der Waals surface area (Å²) in [5, 5.41) is 13.6. The van der Waals surface area contributed by atoms with Gasteiger partial charge in [-0.1, -0.05) is 40.9 Å². The molecule has 0 aliphatic heterocycles. The average molecular weight is 405 g/mol. The van der Waals surface area contributed by atoms with Crippen LogP contribution in [0.15, 0.2) is 30.3 Å². The van der Waals surface area contributed by atoms with Crippen molar-refractivity contribution in [3.8, 4) is 11.5 Å². The number of methoxy groups -OCH3 is 1. The van der Waals surface area contributed by atoms with E-state index in [2.05, 4.69) is 5.32 Å². The lowest BCUT2D eigenvalue weighted by Gasteiger charge is -2.14. The molecular formula is C18H20Cl3NO3. The zero-order valence-electron chi connectivity index (χ0n) is 13.8. The maximum Gasteiger partial charge on any atom is 0.163 e. The number of ether oxygens (including phenoxy) is 2. The molecule has 25 heavy (non-hydrogen) atoms. The number of aliphatic hydroxyl groups excluding tert-OH is 1. The summed E-state index contributed by atoms with van der Waals surface area (Å²) in [7, 11) is 1.58. The SMILES string of the molecule is COc1cc(CNCCCO)c(Cl)cc1OCc1ccc(Cl)c(Cl)c1. The number of hydrogen-bond donors (Lipinski definition) is 2. The van der Waals surface area contributed by atoms with E-state index in [4.69, 9.17) is 49.4 Å². The number of aliphatic hydroxyl groups is 1. The molecule has 0 radical (unpaired) electrons. The van der Waals surface area contributed by atoms with Gasteiger partial charge in [-0.2, -0.15) is 0 Å². The van der Waals surface area contributed by atoms with Crippen LogP contribution in [0.5, 0.6) is 11.5 Å². The Morgan fingerprint density at radius 3 is 2.48 bits per heavy atom. The Labute approximate surface area is 162 Å². The van der Waals surface area contributed by atoms with Crippen LogP contribution in [0, 0.1) is 0 Å². The zero-order valence-corrected chi connectivity index (χ0v) is 16.1. The number of nitrogens with one attached hydrogen (secondary N) is 1. The number of halogens is 3. The fourth-order valence-corrected chi connectivity index (χ4v) is 2.74. The van der Waals surface area contributed by atoms with Gasteiger partial charge in [0.25, 0.3) is 0 Å². The molecule has 4 nitrogen and oxygen atoms in total. The van der Waals surface area contributed by atoms with Gasteiger partial charge < -0.3 is 19.9 Å². The Morgan fingerprint density at radius 1 is 1.00 bits per heavy atom. The molecule has 0 aliphatic rings. The molecule has 2 N–H and O–H groups in total. The van der Waals surface area contributed by atoms with Gasteiger partial charge in [-0.05, 0) is 42.3 Å². The molecular weight excluding hydrogens is 385 g/mol. The molecule has 0 saturated carbocycles. The van der Waals surface area contributed by atoms with Crippen LogP contribution in [-0.4, -0.2) is 25.4 Å². The minimum Gasteiger partial charge on any atom is -0.493 e. The molecule has 0 spiro atoms. The quantitative estimate of drug-likeness (QED) is 0.594. The molecule has 7 heteroatoms. The van der Waals surface area contributed by atoms with Crippen molar-refractivity contribution in [3.05, 3.63) is 56.5 Å². The third-order valence-electron chi connectivity index (χ3n) is 3.54. The van der Waals surface area contributed by atoms with E-state index in [1.807, 2.05) is 12.1 Å². The van der Waals surface area contributed by atoms with Crippen molar-refractivity contribution < 1.29 is 14.6 Å². The Balaban J connectivity index is 2.06. The lowest BCUT2D eigenvalue weighted by Crippen LogP contribution is -2.16. The van der Waals surface area contributed by atoms with Gasteiger partial charge in [0.05, 0.1) is 17.2 Å². The third-order valence-corrected chi connectivity index (χ3v) is 4.63. The van der Waals surface area contributed by atoms with Gasteiger partial charge in [0.1, 0.15) is 6.61 Å². The molecule has 2 aromatic carbocycles. The Bertz CT molecular complexity index is 710. The van der Waals surface area contributed by atoms with Crippen LogP contribution in [0.25, 0.3) is 0 Å². The molecule has 0 fully saturated rings. The van der Waals surface area contributed by atoms with Gasteiger partial charge in [-0.15, -0.1) is 0 Å². The Morgan fingerprint density at radius 2 is 1.80 bits per heavy atom. The molecule has 2 rings (SSSR count). The van der Waals surface area contributed by atoms with E-state index in [9.17, 15) is 0 Å². The van der Waals surface area contributed by atoms with Gasteiger partial charge in [-0.25, -0.2) is 0 Å². The lowest BCUT2D eigenvalue weighted by atomic mass is 10.2. The first-order valence-corrected chi connectivity index (χ1v) is 8.93. The van der Waals surface area contributed by atoms with Gasteiger partial charge in [0.2, 0.25) is 0 Å². The van der Waals surface area contributed by atoms with Crippen LogP contribution in [-0.2, 0) is 13.2 Å². The second-order valence-corrected chi connectivity index (χ2v) is 6.61. The van der Waals surface area contributed by atoms with Crippen LogP contribution >= 0.6 is 34.8 Å². The molecule has 136 valence electrons. The first kappa shape index (κ1) is 20.1. The monoisotopic (exact) mass is 403 g/mol. The summed E-state index contributed by atoms with van der Waals surface area (Å²) < 4.78 is 11.2. The van der Waals surface area contributed by atoms with E-state index in [0.717, 1.165) is 11.1 Å². The van der Waals surface area contributed by atoms with Gasteiger partial charge in [0, 0.05) is 24.2 Å². The Hall–Kier alpha value is -1.17. The highest BCUT2D eigenvalue weighted by molar-refractivity contribution is 6.42. The van der Waals surface area contributed by atoms with Crippen molar-refractivity contribution in [2.24, 2.45) is 0 Å². The molecule has 0 unspecified atom stereocenters. The minimum atomic E-state index is 0.158. The molecule has 2 aromatic rings. The predicted molar refractivity (Wildman–Crippen MR) is 102 cm³/mol. The van der Waals surface area contributed by atoms with E-state index in [1.165, 1.54) is 0 Å². The molecule has 0 aliphatic carbocycles. The summed E-state index contributed by atoms with van der Waals surface area (Å²) in [6.07, 6.45) is 0.694. The maximum atomic E-state index is 8.80. The third kappa shape index (κ3) is 5.94. The Kier molecular flexibility index (Phi) is 8.13. The highest BCUT2D eigenvalue weighted by Gasteiger charge is 2.11. The van der Waals surface area contributed by atoms with Crippen LogP contribution < -0.4 is 14.8 Å². The van der Waals surface area contributed by atoms with E-state index in [1.54, 1.807) is 25.3 Å². The number of hydrogen-bond acceptors (Lipinski definition) is 4. The maximum absolute atomic E-state index is 8.80. The summed E-state index contributed by atoms with van der Waals surface area (Å²) in [5.41, 5.74) is 1.79. The van der Waals surface area contributed by atoms with Crippen LogP contribution in [0.3, 0.4) is 0 Å². The topological polar surface area (TPSA) is 50.7 Å². The van der Waals surface area contributed by atoms with Gasteiger partial charge >= 0.3 is 0 Å². The second-order valence-electron chi connectivity index (χ2n) is 5.39. The van der Waals surface area contributed by atoms with E-state index >= 15 is 0 Å². The summed E-state index contributed by atoms with van der Waals surface area (Å²) >= 11 is 18.3. The van der Waals surface area contributed by atoms with Crippen LogP contribution in [0.2, 0.25) is 15.1 Å². The normalized spacial score (nSPS) is 10.8. The first-order valence-electron chi connectivity index (χ1n) is 7.80. The highest BCUT2D eigenvalue weighted by Crippen LogP contribution is 2.34. The summed E-state index contributed by atoms with van der Waals surface area (Å²) in [6, 6.07) is 8.92. The summed E-state index contributed by atoms with van der Waals surface area (Å²) in [4.78, 5) is 0. The van der Waals surface area contributed by atoms with Crippen molar-refractivity contribution in [1.82, 2.24) is 5.32 Å². The molecule has 0 saturated heterocycles. The molecule has 0 amide bonds. The first-order chi connectivity index (χ1) is 12.0.